The molecule has 0 saturated carbocycles. The van der Waals surface area contributed by atoms with E-state index in [1.807, 2.05) is 49.3 Å². The van der Waals surface area contributed by atoms with Gasteiger partial charge in [-0.2, -0.15) is 0 Å². The molecule has 13 rings (SSSR count). The molecule has 0 radical (unpaired) electrons. The normalized spacial score (nSPS) is 11.7. The van der Waals surface area contributed by atoms with E-state index in [0.29, 0.717) is 0 Å². The predicted octanol–water partition coefficient (Wildman–Crippen LogP) is 15.8. The molecule has 65 heavy (non-hydrogen) atoms. The topological polar surface area (TPSA) is 54.8 Å². The van der Waals surface area contributed by atoms with Gasteiger partial charge in [0.05, 0.1) is 11.0 Å². The first kappa shape index (κ1) is 36.8. The summed E-state index contributed by atoms with van der Waals surface area (Å²) in [4.78, 5) is 20.8. The maximum Gasteiger partial charge on any atom is 0.0781 e. The van der Waals surface area contributed by atoms with E-state index in [0.717, 1.165) is 82.7 Å². The van der Waals surface area contributed by atoms with Gasteiger partial charge in [0, 0.05) is 97.7 Å². The summed E-state index contributed by atoms with van der Waals surface area (Å²) < 4.78 is 0. The van der Waals surface area contributed by atoms with Crippen molar-refractivity contribution in [3.63, 3.8) is 0 Å². The monoisotopic (exact) mass is 827 g/mol. The van der Waals surface area contributed by atoms with Gasteiger partial charge in [-0.1, -0.05) is 115 Å². The molecule has 0 spiro atoms. The molecule has 0 aliphatic carbocycles. The number of benzene rings is 9. The summed E-state index contributed by atoms with van der Waals surface area (Å²) in [6, 6.07) is 68.2. The van der Waals surface area contributed by atoms with Gasteiger partial charge >= 0.3 is 0 Å². The van der Waals surface area contributed by atoms with Crippen LogP contribution in [0.25, 0.3) is 109 Å². The third kappa shape index (κ3) is 6.40. The Labute approximate surface area is 374 Å². The van der Waals surface area contributed by atoms with Gasteiger partial charge < -0.3 is 4.90 Å². The Morgan fingerprint density at radius 1 is 0.262 bits per heavy atom. The van der Waals surface area contributed by atoms with Crippen molar-refractivity contribution in [2.75, 3.05) is 4.90 Å². The second kappa shape index (κ2) is 14.9. The summed E-state index contributed by atoms with van der Waals surface area (Å²) in [5.74, 6) is 0. The minimum absolute atomic E-state index is 0.986. The molecule has 0 N–H and O–H groups in total. The van der Waals surface area contributed by atoms with Gasteiger partial charge in [0.1, 0.15) is 0 Å². The van der Waals surface area contributed by atoms with Crippen molar-refractivity contribution in [1.82, 2.24) is 19.9 Å². The Balaban J connectivity index is 0.882. The molecule has 0 amide bonds. The van der Waals surface area contributed by atoms with E-state index >= 15 is 0 Å². The van der Waals surface area contributed by atoms with Crippen LogP contribution in [0.2, 0.25) is 0 Å². The van der Waals surface area contributed by atoms with E-state index in [1.165, 1.54) is 43.4 Å². The van der Waals surface area contributed by atoms with Crippen molar-refractivity contribution in [3.8, 4) is 33.4 Å². The number of rotatable bonds is 6. The highest BCUT2D eigenvalue weighted by atomic mass is 15.1. The van der Waals surface area contributed by atoms with Crippen LogP contribution < -0.4 is 4.90 Å². The van der Waals surface area contributed by atoms with Crippen molar-refractivity contribution in [3.05, 3.63) is 225 Å². The Hall–Kier alpha value is -8.80. The highest BCUT2D eigenvalue weighted by molar-refractivity contribution is 6.10. The van der Waals surface area contributed by atoms with E-state index < -0.39 is 0 Å². The van der Waals surface area contributed by atoms with Crippen LogP contribution in [-0.4, -0.2) is 19.9 Å². The van der Waals surface area contributed by atoms with Crippen LogP contribution in [0.5, 0.6) is 0 Å². The quantitative estimate of drug-likeness (QED) is 0.156. The molecule has 0 bridgehead atoms. The highest BCUT2D eigenvalue weighted by Crippen LogP contribution is 2.40. The molecule has 13 aromatic rings. The van der Waals surface area contributed by atoms with Crippen LogP contribution in [0.15, 0.2) is 225 Å². The predicted molar refractivity (Wildman–Crippen MR) is 271 cm³/mol. The summed E-state index contributed by atoms with van der Waals surface area (Å²) in [6.07, 6.45) is 11.4. The lowest BCUT2D eigenvalue weighted by atomic mass is 9.96. The summed E-state index contributed by atoms with van der Waals surface area (Å²) in [5, 5.41) is 14.0. The lowest BCUT2D eigenvalue weighted by molar-refractivity contribution is 1.29. The maximum absolute atomic E-state index is 4.94. The average molecular weight is 828 g/mol. The number of fused-ring (bicyclic) bond motifs is 10. The van der Waals surface area contributed by atoms with Crippen LogP contribution in [0.4, 0.5) is 17.1 Å². The molecular formula is C60H37N5. The molecule has 0 unspecified atom stereocenters. The fourth-order valence-electron chi connectivity index (χ4n) is 9.65. The first-order valence-electron chi connectivity index (χ1n) is 21.9. The number of aromatic nitrogens is 4. The zero-order chi connectivity index (χ0) is 42.8. The maximum atomic E-state index is 4.94. The molecule has 0 fully saturated rings. The first-order valence-corrected chi connectivity index (χ1v) is 21.9. The van der Waals surface area contributed by atoms with Crippen molar-refractivity contribution in [1.29, 1.82) is 0 Å². The first-order chi connectivity index (χ1) is 32.2. The Morgan fingerprint density at radius 3 is 1.29 bits per heavy atom. The molecule has 0 atom stereocenters. The third-order valence-corrected chi connectivity index (χ3v) is 13.0. The fourth-order valence-corrected chi connectivity index (χ4v) is 9.65. The molecule has 302 valence electrons. The van der Waals surface area contributed by atoms with Crippen molar-refractivity contribution in [2.45, 2.75) is 0 Å². The van der Waals surface area contributed by atoms with E-state index in [9.17, 15) is 0 Å². The van der Waals surface area contributed by atoms with E-state index in [-0.39, 0.29) is 0 Å². The van der Waals surface area contributed by atoms with Crippen molar-refractivity contribution in [2.24, 2.45) is 0 Å². The summed E-state index contributed by atoms with van der Waals surface area (Å²) in [7, 11) is 0. The molecule has 0 aliphatic rings. The van der Waals surface area contributed by atoms with Gasteiger partial charge in [0.15, 0.2) is 0 Å². The average Bonchev–Trinajstić information content (AvgIpc) is 3.38. The number of hydrogen-bond donors (Lipinski definition) is 0. The van der Waals surface area contributed by atoms with Crippen LogP contribution >= 0.6 is 0 Å². The number of anilines is 3. The number of hydrogen-bond acceptors (Lipinski definition) is 5. The van der Waals surface area contributed by atoms with Crippen LogP contribution in [-0.2, 0) is 0 Å². The SMILES string of the molecule is c1ccc2cc(-c3ccc4c(ccc5cc(N(c6ccc(-c7cnc8c(ccc9cnccc98)c7)cc6)c6ccc(-c7cnc8c(ccc9cnccc98)c7)cc6)ccc54)c3)ccc2c1. The highest BCUT2D eigenvalue weighted by Gasteiger charge is 2.16. The standard InChI is InChI=1S/C60H37N5/c1-2-4-41-29-42(6-5-38(41)3-1)43-17-23-55-44(30-43)7-8-45-33-54(22-24-56(45)55)65(52-18-13-39(14-19-52)50-31-46-9-11-48-34-61-27-25-57(48)59(46)63-36-50)53-20-15-40(16-21-53)51-32-47-10-12-49-35-62-28-26-58(49)60(47)64-37-51/h1-37H. The van der Waals surface area contributed by atoms with Crippen molar-refractivity contribution < 1.29 is 0 Å². The zero-order valence-electron chi connectivity index (χ0n) is 35.1. The van der Waals surface area contributed by atoms with Gasteiger partial charge in [-0.05, 0) is 127 Å². The van der Waals surface area contributed by atoms with Gasteiger partial charge in [-0.3, -0.25) is 19.9 Å². The van der Waals surface area contributed by atoms with Gasteiger partial charge in [0.2, 0.25) is 0 Å². The summed E-state index contributed by atoms with van der Waals surface area (Å²) in [5.41, 5.74) is 12.0. The third-order valence-electron chi connectivity index (χ3n) is 13.0. The molecular weight excluding hydrogens is 791 g/mol. The van der Waals surface area contributed by atoms with Gasteiger partial charge in [0.25, 0.3) is 0 Å². The number of pyridine rings is 4. The van der Waals surface area contributed by atoms with E-state index in [1.54, 1.807) is 0 Å². The molecule has 0 aliphatic heterocycles. The Morgan fingerprint density at radius 2 is 0.692 bits per heavy atom. The Kier molecular flexibility index (Phi) is 8.46. The largest absolute Gasteiger partial charge is 0.310 e. The molecule has 4 heterocycles. The van der Waals surface area contributed by atoms with E-state index in [2.05, 4.69) is 191 Å². The molecule has 9 aromatic carbocycles. The van der Waals surface area contributed by atoms with Crippen molar-refractivity contribution >= 4 is 92.7 Å². The lowest BCUT2D eigenvalue weighted by Gasteiger charge is -2.26. The van der Waals surface area contributed by atoms with Gasteiger partial charge in [-0.15, -0.1) is 0 Å². The fraction of sp³-hybridized carbons (Fsp3) is 0. The van der Waals surface area contributed by atoms with Gasteiger partial charge in [-0.25, -0.2) is 0 Å². The van der Waals surface area contributed by atoms with Crippen LogP contribution in [0, 0.1) is 0 Å². The number of nitrogens with zero attached hydrogens (tertiary/aromatic N) is 5. The molecule has 0 saturated heterocycles. The van der Waals surface area contributed by atoms with Crippen LogP contribution in [0.3, 0.4) is 0 Å². The molecule has 5 heteroatoms. The Bertz CT molecular complexity index is 3850. The lowest BCUT2D eigenvalue weighted by Crippen LogP contribution is -2.09. The second-order valence-corrected chi connectivity index (χ2v) is 16.8. The zero-order valence-corrected chi connectivity index (χ0v) is 35.1. The summed E-state index contributed by atoms with van der Waals surface area (Å²) in [6.45, 7) is 0. The molecule has 4 aromatic heterocycles. The summed E-state index contributed by atoms with van der Waals surface area (Å²) >= 11 is 0. The smallest absolute Gasteiger partial charge is 0.0781 e. The second-order valence-electron chi connectivity index (χ2n) is 16.8. The van der Waals surface area contributed by atoms with Crippen LogP contribution in [0.1, 0.15) is 0 Å². The minimum atomic E-state index is 0.986. The molecule has 5 nitrogen and oxygen atoms in total. The minimum Gasteiger partial charge on any atom is -0.310 e. The van der Waals surface area contributed by atoms with E-state index in [4.69, 9.17) is 9.97 Å².